The number of anilines is 2. The number of methoxy groups -OCH3 is 1. The van der Waals surface area contributed by atoms with Crippen molar-refractivity contribution in [1.82, 2.24) is 14.8 Å². The molecule has 10 heteroatoms. The SMILES string of the molecule is COc1ccc(NC(=O)c2cc(C(C)C)nc3c2cnn3C(C)C)cc1NS(C)(=O)=O. The van der Waals surface area contributed by atoms with E-state index >= 15 is 0 Å². The highest BCUT2D eigenvalue weighted by atomic mass is 32.2. The number of nitrogens with zero attached hydrogens (tertiary/aromatic N) is 3. The van der Waals surface area contributed by atoms with Crippen molar-refractivity contribution in [2.24, 2.45) is 0 Å². The van der Waals surface area contributed by atoms with Gasteiger partial charge in [-0.05, 0) is 44.0 Å². The quantitative estimate of drug-likeness (QED) is 0.572. The summed E-state index contributed by atoms with van der Waals surface area (Å²) in [6, 6.07) is 6.60. The number of hydrogen-bond donors (Lipinski definition) is 2. The molecular formula is C21H27N5O4S. The van der Waals surface area contributed by atoms with Gasteiger partial charge in [0.1, 0.15) is 5.75 Å². The molecule has 0 aliphatic rings. The van der Waals surface area contributed by atoms with Gasteiger partial charge >= 0.3 is 0 Å². The van der Waals surface area contributed by atoms with E-state index in [0.717, 1.165) is 11.9 Å². The second-order valence-corrected chi connectivity index (χ2v) is 9.66. The Labute approximate surface area is 181 Å². The highest BCUT2D eigenvalue weighted by Crippen LogP contribution is 2.30. The lowest BCUT2D eigenvalue weighted by Crippen LogP contribution is -2.15. The fourth-order valence-corrected chi connectivity index (χ4v) is 3.72. The number of aromatic nitrogens is 3. The number of hydrogen-bond acceptors (Lipinski definition) is 6. The van der Waals surface area contributed by atoms with E-state index in [-0.39, 0.29) is 23.6 Å². The number of sulfonamides is 1. The van der Waals surface area contributed by atoms with Crippen LogP contribution in [0.3, 0.4) is 0 Å². The zero-order valence-corrected chi connectivity index (χ0v) is 19.2. The zero-order chi connectivity index (χ0) is 22.9. The van der Waals surface area contributed by atoms with E-state index in [2.05, 4.69) is 15.1 Å². The Kier molecular flexibility index (Phi) is 6.21. The second-order valence-electron chi connectivity index (χ2n) is 7.91. The van der Waals surface area contributed by atoms with Crippen molar-refractivity contribution in [2.75, 3.05) is 23.4 Å². The first-order valence-corrected chi connectivity index (χ1v) is 11.7. The maximum absolute atomic E-state index is 13.2. The fourth-order valence-electron chi connectivity index (χ4n) is 3.16. The predicted molar refractivity (Wildman–Crippen MR) is 121 cm³/mol. The first-order chi connectivity index (χ1) is 14.5. The summed E-state index contributed by atoms with van der Waals surface area (Å²) in [7, 11) is -2.08. The van der Waals surface area contributed by atoms with Crippen LogP contribution in [0.15, 0.2) is 30.5 Å². The smallest absolute Gasteiger partial charge is 0.256 e. The van der Waals surface area contributed by atoms with Gasteiger partial charge in [-0.15, -0.1) is 0 Å². The Balaban J connectivity index is 2.03. The van der Waals surface area contributed by atoms with Crippen LogP contribution >= 0.6 is 0 Å². The molecule has 0 aliphatic carbocycles. The van der Waals surface area contributed by atoms with Gasteiger partial charge in [-0.3, -0.25) is 9.52 Å². The number of ether oxygens (including phenoxy) is 1. The first kappa shape index (κ1) is 22.5. The number of carbonyl (C=O) groups is 1. The van der Waals surface area contributed by atoms with Crippen LogP contribution in [0.4, 0.5) is 11.4 Å². The Morgan fingerprint density at radius 3 is 2.45 bits per heavy atom. The molecule has 3 rings (SSSR count). The van der Waals surface area contributed by atoms with E-state index in [1.54, 1.807) is 29.1 Å². The van der Waals surface area contributed by atoms with Crippen LogP contribution in [0.1, 0.15) is 55.7 Å². The molecule has 9 nitrogen and oxygen atoms in total. The third kappa shape index (κ3) is 4.96. The molecule has 1 amide bonds. The van der Waals surface area contributed by atoms with E-state index in [0.29, 0.717) is 28.0 Å². The first-order valence-electron chi connectivity index (χ1n) is 9.85. The molecule has 0 radical (unpaired) electrons. The third-order valence-corrected chi connectivity index (χ3v) is 5.26. The van der Waals surface area contributed by atoms with Crippen LogP contribution in [0, 0.1) is 0 Å². The highest BCUT2D eigenvalue weighted by molar-refractivity contribution is 7.92. The lowest BCUT2D eigenvalue weighted by molar-refractivity contribution is 0.102. The normalized spacial score (nSPS) is 11.9. The van der Waals surface area contributed by atoms with Crippen LogP contribution in [0.25, 0.3) is 11.0 Å². The van der Waals surface area contributed by atoms with Gasteiger partial charge in [0.15, 0.2) is 5.65 Å². The number of fused-ring (bicyclic) bond motifs is 1. The van der Waals surface area contributed by atoms with Crippen LogP contribution in [-0.4, -0.2) is 42.5 Å². The number of nitrogens with one attached hydrogen (secondary N) is 2. The summed E-state index contributed by atoms with van der Waals surface area (Å²) in [6.07, 6.45) is 2.69. The average molecular weight is 446 g/mol. The molecular weight excluding hydrogens is 418 g/mol. The molecule has 0 bridgehead atoms. The molecule has 0 fully saturated rings. The summed E-state index contributed by atoms with van der Waals surface area (Å²) in [5, 5.41) is 7.89. The molecule has 0 spiro atoms. The Morgan fingerprint density at radius 2 is 1.87 bits per heavy atom. The van der Waals surface area contributed by atoms with Crippen molar-refractivity contribution in [3.8, 4) is 5.75 Å². The van der Waals surface area contributed by atoms with Crippen molar-refractivity contribution in [2.45, 2.75) is 39.7 Å². The molecule has 2 heterocycles. The van der Waals surface area contributed by atoms with Crippen molar-refractivity contribution >= 4 is 38.3 Å². The topological polar surface area (TPSA) is 115 Å². The van der Waals surface area contributed by atoms with Crippen molar-refractivity contribution < 1.29 is 17.9 Å². The molecule has 0 atom stereocenters. The van der Waals surface area contributed by atoms with Crippen molar-refractivity contribution in [3.63, 3.8) is 0 Å². The monoisotopic (exact) mass is 445 g/mol. The lowest BCUT2D eigenvalue weighted by atomic mass is 10.0. The predicted octanol–water partition coefficient (Wildman–Crippen LogP) is 3.77. The summed E-state index contributed by atoms with van der Waals surface area (Å²) in [4.78, 5) is 17.9. The molecule has 0 aliphatic heterocycles. The molecule has 1 aromatic carbocycles. The summed E-state index contributed by atoms with van der Waals surface area (Å²) in [6.45, 7) is 8.03. The van der Waals surface area contributed by atoms with Gasteiger partial charge in [0, 0.05) is 17.4 Å². The van der Waals surface area contributed by atoms with Gasteiger partial charge in [-0.25, -0.2) is 18.1 Å². The van der Waals surface area contributed by atoms with Gasteiger partial charge in [-0.2, -0.15) is 5.10 Å². The second kappa shape index (κ2) is 8.54. The Hall–Kier alpha value is -3.14. The van der Waals surface area contributed by atoms with Gasteiger partial charge in [0.05, 0.1) is 36.2 Å². The Morgan fingerprint density at radius 1 is 1.16 bits per heavy atom. The van der Waals surface area contributed by atoms with E-state index in [1.807, 2.05) is 27.7 Å². The number of benzene rings is 1. The molecule has 3 aromatic rings. The van der Waals surface area contributed by atoms with Gasteiger partial charge in [-0.1, -0.05) is 13.8 Å². The van der Waals surface area contributed by atoms with Crippen molar-refractivity contribution in [3.05, 3.63) is 41.7 Å². The van der Waals surface area contributed by atoms with E-state index in [9.17, 15) is 13.2 Å². The molecule has 31 heavy (non-hydrogen) atoms. The van der Waals surface area contributed by atoms with E-state index in [4.69, 9.17) is 9.72 Å². The number of pyridine rings is 1. The number of amides is 1. The zero-order valence-electron chi connectivity index (χ0n) is 18.4. The summed E-state index contributed by atoms with van der Waals surface area (Å²) >= 11 is 0. The average Bonchev–Trinajstić information content (AvgIpc) is 3.10. The van der Waals surface area contributed by atoms with E-state index in [1.165, 1.54) is 13.2 Å². The number of carbonyl (C=O) groups excluding carboxylic acids is 1. The van der Waals surface area contributed by atoms with Gasteiger partial charge < -0.3 is 10.1 Å². The molecule has 166 valence electrons. The Bertz CT molecular complexity index is 1230. The molecule has 2 N–H and O–H groups in total. The lowest BCUT2D eigenvalue weighted by Gasteiger charge is -2.14. The largest absolute Gasteiger partial charge is 0.495 e. The minimum absolute atomic E-state index is 0.0922. The van der Waals surface area contributed by atoms with Crippen LogP contribution < -0.4 is 14.8 Å². The van der Waals surface area contributed by atoms with E-state index < -0.39 is 10.0 Å². The third-order valence-electron chi connectivity index (χ3n) is 4.66. The standard InChI is InChI=1S/C21H27N5O4S/c1-12(2)17-10-15(16-11-22-26(13(3)4)20(16)24-17)21(27)23-14-7-8-19(30-5)18(9-14)25-31(6,28)29/h7-13,25H,1-6H3,(H,23,27). The van der Waals surface area contributed by atoms with Gasteiger partial charge in [0.25, 0.3) is 5.91 Å². The minimum Gasteiger partial charge on any atom is -0.495 e. The maximum Gasteiger partial charge on any atom is 0.256 e. The highest BCUT2D eigenvalue weighted by Gasteiger charge is 2.19. The van der Waals surface area contributed by atoms with Crippen LogP contribution in [-0.2, 0) is 10.0 Å². The van der Waals surface area contributed by atoms with Gasteiger partial charge in [0.2, 0.25) is 10.0 Å². The van der Waals surface area contributed by atoms with Crippen LogP contribution in [0.2, 0.25) is 0 Å². The molecule has 2 aromatic heterocycles. The number of rotatable bonds is 7. The molecule has 0 unspecified atom stereocenters. The van der Waals surface area contributed by atoms with Crippen molar-refractivity contribution in [1.29, 1.82) is 0 Å². The fraction of sp³-hybridized carbons (Fsp3) is 0.381. The maximum atomic E-state index is 13.2. The molecule has 0 saturated heterocycles. The summed E-state index contributed by atoms with van der Waals surface area (Å²) < 4.78 is 32.7. The summed E-state index contributed by atoms with van der Waals surface area (Å²) in [5.41, 5.74) is 2.55. The molecule has 0 saturated carbocycles. The minimum atomic E-state index is -3.52. The van der Waals surface area contributed by atoms with Crippen LogP contribution in [0.5, 0.6) is 5.75 Å². The summed E-state index contributed by atoms with van der Waals surface area (Å²) in [5.74, 6) is 0.126.